The molecule has 0 spiro atoms. The third kappa shape index (κ3) is 3.92. The van der Waals surface area contributed by atoms with Crippen LogP contribution in [-0.2, 0) is 19.6 Å². The molecule has 0 aliphatic carbocycles. The molecule has 2 N–H and O–H groups in total. The Morgan fingerprint density at radius 1 is 1.17 bits per heavy atom. The van der Waals surface area contributed by atoms with E-state index in [1.165, 1.54) is 20.5 Å². The van der Waals surface area contributed by atoms with Crippen molar-refractivity contribution in [2.24, 2.45) is 5.73 Å². The van der Waals surface area contributed by atoms with Gasteiger partial charge in [0.2, 0.25) is 0 Å². The Hall–Kier alpha value is -0.680. The summed E-state index contributed by atoms with van der Waals surface area (Å²) in [6, 6.07) is 10.7. The van der Waals surface area contributed by atoms with Crippen LogP contribution in [0.5, 0.6) is 0 Å². The fourth-order valence-corrected chi connectivity index (χ4v) is 3.16. The topological polar surface area (TPSA) is 29.3 Å². The minimum Gasteiger partial charge on any atom is -0.326 e. The van der Waals surface area contributed by atoms with E-state index >= 15 is 0 Å². The zero-order chi connectivity index (χ0) is 13.0. The predicted molar refractivity (Wildman–Crippen MR) is 81.5 cm³/mol. The maximum absolute atomic E-state index is 5.66. The van der Waals surface area contributed by atoms with E-state index in [9.17, 15) is 0 Å². The van der Waals surface area contributed by atoms with Crippen LogP contribution in [0.4, 0.5) is 0 Å². The van der Waals surface area contributed by atoms with Gasteiger partial charge >= 0.3 is 0 Å². The van der Waals surface area contributed by atoms with E-state index in [-0.39, 0.29) is 0 Å². The lowest BCUT2D eigenvalue weighted by molar-refractivity contribution is 0.319. The molecule has 0 radical (unpaired) electrons. The van der Waals surface area contributed by atoms with Crippen LogP contribution < -0.4 is 5.73 Å². The van der Waals surface area contributed by atoms with Gasteiger partial charge in [0.25, 0.3) is 0 Å². The second-order valence-electron chi connectivity index (χ2n) is 4.46. The van der Waals surface area contributed by atoms with Gasteiger partial charge in [0.1, 0.15) is 0 Å². The maximum Gasteiger partial charge on any atom is 0.0701 e. The van der Waals surface area contributed by atoms with Gasteiger partial charge in [-0.15, -0.1) is 11.3 Å². The van der Waals surface area contributed by atoms with Gasteiger partial charge in [0.05, 0.1) is 3.79 Å². The molecule has 0 saturated heterocycles. The van der Waals surface area contributed by atoms with Crippen molar-refractivity contribution < 1.29 is 0 Å². The van der Waals surface area contributed by atoms with Gasteiger partial charge in [-0.1, -0.05) is 24.3 Å². The summed E-state index contributed by atoms with van der Waals surface area (Å²) in [5.74, 6) is 0. The first-order chi connectivity index (χ1) is 8.67. The van der Waals surface area contributed by atoms with Gasteiger partial charge in [0.15, 0.2) is 0 Å². The summed E-state index contributed by atoms with van der Waals surface area (Å²) in [4.78, 5) is 2.31. The molecule has 4 heteroatoms. The standard InChI is InChI=1S/C14H17BrN2S/c1-17(9-13-6-14(15)18-10-13)8-12-4-2-3-11(5-12)7-16/h2-6,10H,7-9,16H2,1H3. The van der Waals surface area contributed by atoms with E-state index in [1.807, 2.05) is 0 Å². The van der Waals surface area contributed by atoms with Crippen molar-refractivity contribution in [3.63, 3.8) is 0 Å². The van der Waals surface area contributed by atoms with Crippen LogP contribution in [0.25, 0.3) is 0 Å². The lowest BCUT2D eigenvalue weighted by Gasteiger charge is -2.16. The van der Waals surface area contributed by atoms with Crippen molar-refractivity contribution >= 4 is 27.3 Å². The minimum atomic E-state index is 0.606. The molecule has 0 bridgehead atoms. The summed E-state index contributed by atoms with van der Waals surface area (Å²) < 4.78 is 1.19. The quantitative estimate of drug-likeness (QED) is 0.910. The summed E-state index contributed by atoms with van der Waals surface area (Å²) in [7, 11) is 2.14. The number of hydrogen-bond donors (Lipinski definition) is 1. The number of nitrogens with zero attached hydrogens (tertiary/aromatic N) is 1. The Morgan fingerprint density at radius 3 is 2.56 bits per heavy atom. The molecule has 96 valence electrons. The first-order valence-electron chi connectivity index (χ1n) is 5.86. The highest BCUT2D eigenvalue weighted by atomic mass is 79.9. The third-order valence-corrected chi connectivity index (χ3v) is 4.31. The van der Waals surface area contributed by atoms with Crippen molar-refractivity contribution in [3.05, 3.63) is 56.2 Å². The second kappa shape index (κ2) is 6.48. The van der Waals surface area contributed by atoms with Crippen LogP contribution >= 0.6 is 27.3 Å². The highest BCUT2D eigenvalue weighted by Gasteiger charge is 2.04. The highest BCUT2D eigenvalue weighted by Crippen LogP contribution is 2.21. The number of halogens is 1. The molecule has 2 aromatic rings. The normalized spacial score (nSPS) is 11.1. The van der Waals surface area contributed by atoms with Gasteiger partial charge in [0, 0.05) is 19.6 Å². The zero-order valence-corrected chi connectivity index (χ0v) is 12.8. The molecule has 18 heavy (non-hydrogen) atoms. The molecule has 1 aromatic heterocycles. The molecular formula is C14H17BrN2S. The van der Waals surface area contributed by atoms with Crippen LogP contribution in [0.3, 0.4) is 0 Å². The fourth-order valence-electron chi connectivity index (χ4n) is 1.96. The molecule has 0 amide bonds. The molecule has 1 aromatic carbocycles. The number of hydrogen-bond acceptors (Lipinski definition) is 3. The van der Waals surface area contributed by atoms with Gasteiger partial charge in [-0.25, -0.2) is 0 Å². The van der Waals surface area contributed by atoms with E-state index in [1.54, 1.807) is 11.3 Å². The SMILES string of the molecule is CN(Cc1cccc(CN)c1)Cc1csc(Br)c1. The summed E-state index contributed by atoms with van der Waals surface area (Å²) in [6.45, 7) is 2.52. The number of rotatable bonds is 5. The first kappa shape index (κ1) is 13.7. The molecule has 0 saturated carbocycles. The van der Waals surface area contributed by atoms with E-state index in [2.05, 4.69) is 63.6 Å². The van der Waals surface area contributed by atoms with Gasteiger partial charge < -0.3 is 5.73 Å². The van der Waals surface area contributed by atoms with Crippen LogP contribution in [-0.4, -0.2) is 11.9 Å². The molecule has 0 fully saturated rings. The van der Waals surface area contributed by atoms with Crippen molar-refractivity contribution in [2.45, 2.75) is 19.6 Å². The zero-order valence-electron chi connectivity index (χ0n) is 10.4. The van der Waals surface area contributed by atoms with E-state index < -0.39 is 0 Å². The van der Waals surface area contributed by atoms with E-state index in [0.29, 0.717) is 6.54 Å². The van der Waals surface area contributed by atoms with Crippen molar-refractivity contribution in [2.75, 3.05) is 7.05 Å². The van der Waals surface area contributed by atoms with Crippen LogP contribution in [0, 0.1) is 0 Å². The summed E-state index contributed by atoms with van der Waals surface area (Å²) in [5, 5.41) is 2.19. The second-order valence-corrected chi connectivity index (χ2v) is 6.75. The minimum absolute atomic E-state index is 0.606. The average molecular weight is 325 g/mol. The maximum atomic E-state index is 5.66. The van der Waals surface area contributed by atoms with Gasteiger partial charge in [-0.3, -0.25) is 4.90 Å². The lowest BCUT2D eigenvalue weighted by atomic mass is 10.1. The highest BCUT2D eigenvalue weighted by molar-refractivity contribution is 9.11. The Balaban J connectivity index is 1.96. The number of thiophene rings is 1. The molecule has 0 aliphatic rings. The van der Waals surface area contributed by atoms with Gasteiger partial charge in [-0.05, 0) is 51.1 Å². The molecule has 0 atom stereocenters. The Kier molecular flexibility index (Phi) is 4.95. The van der Waals surface area contributed by atoms with Crippen molar-refractivity contribution in [1.29, 1.82) is 0 Å². The monoisotopic (exact) mass is 324 g/mol. The number of benzene rings is 1. The van der Waals surface area contributed by atoms with Crippen molar-refractivity contribution in [1.82, 2.24) is 4.90 Å². The van der Waals surface area contributed by atoms with E-state index in [0.717, 1.165) is 13.1 Å². The molecule has 1 heterocycles. The predicted octanol–water partition coefficient (Wildman–Crippen LogP) is 3.60. The van der Waals surface area contributed by atoms with Crippen molar-refractivity contribution in [3.8, 4) is 0 Å². The molecule has 2 nitrogen and oxygen atoms in total. The van der Waals surface area contributed by atoms with Crippen LogP contribution in [0.15, 0.2) is 39.5 Å². The smallest absolute Gasteiger partial charge is 0.0701 e. The molecular weight excluding hydrogens is 308 g/mol. The lowest BCUT2D eigenvalue weighted by Crippen LogP contribution is -2.17. The average Bonchev–Trinajstić information content (AvgIpc) is 2.74. The first-order valence-corrected chi connectivity index (χ1v) is 7.54. The summed E-state index contributed by atoms with van der Waals surface area (Å²) >= 11 is 5.23. The Morgan fingerprint density at radius 2 is 1.89 bits per heavy atom. The van der Waals surface area contributed by atoms with Crippen LogP contribution in [0.1, 0.15) is 16.7 Å². The van der Waals surface area contributed by atoms with Crippen LogP contribution in [0.2, 0.25) is 0 Å². The fraction of sp³-hybridized carbons (Fsp3) is 0.286. The third-order valence-electron chi connectivity index (χ3n) is 2.75. The molecule has 0 unspecified atom stereocenters. The molecule has 2 rings (SSSR count). The number of nitrogens with two attached hydrogens (primary N) is 1. The summed E-state index contributed by atoms with van der Waals surface area (Å²) in [5.41, 5.74) is 9.52. The van der Waals surface area contributed by atoms with E-state index in [4.69, 9.17) is 5.73 Å². The van der Waals surface area contributed by atoms with Gasteiger partial charge in [-0.2, -0.15) is 0 Å². The largest absolute Gasteiger partial charge is 0.326 e. The summed E-state index contributed by atoms with van der Waals surface area (Å²) in [6.07, 6.45) is 0. The Bertz CT molecular complexity index is 510. The Labute approximate surface area is 121 Å². The molecule has 0 aliphatic heterocycles.